The van der Waals surface area contributed by atoms with Crippen molar-refractivity contribution in [3.05, 3.63) is 89.9 Å². The van der Waals surface area contributed by atoms with E-state index in [0.717, 1.165) is 35.4 Å². The van der Waals surface area contributed by atoms with Crippen LogP contribution in [0.2, 0.25) is 0 Å². The minimum atomic E-state index is -0.115. The lowest BCUT2D eigenvalue weighted by molar-refractivity contribution is 0.0706. The molecule has 1 saturated heterocycles. The van der Waals surface area contributed by atoms with Crippen molar-refractivity contribution < 1.29 is 13.9 Å². The Morgan fingerprint density at radius 3 is 2.50 bits per heavy atom. The summed E-state index contributed by atoms with van der Waals surface area (Å²) in [5, 5.41) is 0. The average Bonchev–Trinajstić information content (AvgIpc) is 3.29. The smallest absolute Gasteiger partial charge is 0.255 e. The lowest BCUT2D eigenvalue weighted by Gasteiger charge is -2.30. The zero-order valence-corrected chi connectivity index (χ0v) is 18.0. The second-order valence-electron chi connectivity index (χ2n) is 8.14. The summed E-state index contributed by atoms with van der Waals surface area (Å²) in [4.78, 5) is 23.8. The third-order valence-electron chi connectivity index (χ3n) is 5.99. The summed E-state index contributed by atoms with van der Waals surface area (Å²) < 4.78 is 11.8. The van der Waals surface area contributed by atoms with E-state index < -0.39 is 0 Å². The van der Waals surface area contributed by atoms with Gasteiger partial charge in [-0.05, 0) is 43.5 Å². The number of hydrogen-bond donors (Lipinski definition) is 0. The van der Waals surface area contributed by atoms with E-state index in [2.05, 4.69) is 9.97 Å². The molecule has 4 aromatic rings. The van der Waals surface area contributed by atoms with Crippen LogP contribution in [-0.2, 0) is 0 Å². The van der Waals surface area contributed by atoms with Gasteiger partial charge in [0.05, 0.1) is 5.56 Å². The maximum Gasteiger partial charge on any atom is 0.255 e. The zero-order valence-electron chi connectivity index (χ0n) is 18.0. The molecule has 0 unspecified atom stereocenters. The molecule has 0 radical (unpaired) electrons. The van der Waals surface area contributed by atoms with Gasteiger partial charge in [-0.1, -0.05) is 42.5 Å². The second kappa shape index (κ2) is 8.83. The molecule has 0 N–H and O–H groups in total. The Morgan fingerprint density at radius 2 is 1.78 bits per heavy atom. The SMILES string of the molecule is C[C@H](Oc1ccc(C(=O)N2CCC(c3nc4ccccc4o3)CC2)cn1)c1ccccc1. The van der Waals surface area contributed by atoms with Crippen molar-refractivity contribution in [1.29, 1.82) is 0 Å². The van der Waals surface area contributed by atoms with Crippen LogP contribution in [0.3, 0.4) is 0 Å². The van der Waals surface area contributed by atoms with Crippen molar-refractivity contribution in [2.45, 2.75) is 31.8 Å². The molecule has 3 heterocycles. The van der Waals surface area contributed by atoms with Gasteiger partial charge in [-0.3, -0.25) is 4.79 Å². The summed E-state index contributed by atoms with van der Waals surface area (Å²) >= 11 is 0. The fourth-order valence-corrected chi connectivity index (χ4v) is 4.13. The third kappa shape index (κ3) is 4.21. The molecule has 0 bridgehead atoms. The van der Waals surface area contributed by atoms with Gasteiger partial charge in [0.1, 0.15) is 11.6 Å². The molecule has 0 spiro atoms. The standard InChI is InChI=1S/C26H25N3O3/c1-18(19-7-3-2-4-8-19)31-24-12-11-21(17-27-24)26(30)29-15-13-20(14-16-29)25-28-22-9-5-6-10-23(22)32-25/h2-12,17-18,20H,13-16H2,1H3/t18-/m0/s1. The van der Waals surface area contributed by atoms with Crippen molar-refractivity contribution in [3.63, 3.8) is 0 Å². The Labute approximate surface area is 186 Å². The number of carbonyl (C=O) groups excluding carboxylic acids is 1. The number of piperidine rings is 1. The fraction of sp³-hybridized carbons (Fsp3) is 0.269. The topological polar surface area (TPSA) is 68.5 Å². The monoisotopic (exact) mass is 427 g/mol. The molecule has 32 heavy (non-hydrogen) atoms. The highest BCUT2D eigenvalue weighted by molar-refractivity contribution is 5.94. The van der Waals surface area contributed by atoms with Crippen molar-refractivity contribution >= 4 is 17.0 Å². The number of oxazole rings is 1. The molecular formula is C26H25N3O3. The van der Waals surface area contributed by atoms with Crippen LogP contribution in [0.15, 0.2) is 77.3 Å². The number of aromatic nitrogens is 2. The van der Waals surface area contributed by atoms with Gasteiger partial charge in [0.15, 0.2) is 11.5 Å². The van der Waals surface area contributed by atoms with Crippen LogP contribution in [0.4, 0.5) is 0 Å². The summed E-state index contributed by atoms with van der Waals surface area (Å²) in [5.74, 6) is 1.51. The van der Waals surface area contributed by atoms with Gasteiger partial charge in [-0.2, -0.15) is 0 Å². The summed E-state index contributed by atoms with van der Waals surface area (Å²) in [7, 11) is 0. The van der Waals surface area contributed by atoms with E-state index in [1.54, 1.807) is 18.3 Å². The van der Waals surface area contributed by atoms with Crippen LogP contribution < -0.4 is 4.74 Å². The lowest BCUT2D eigenvalue weighted by atomic mass is 9.96. The fourth-order valence-electron chi connectivity index (χ4n) is 4.13. The molecule has 6 nitrogen and oxygen atoms in total. The van der Waals surface area contributed by atoms with E-state index in [0.29, 0.717) is 24.5 Å². The van der Waals surface area contributed by atoms with Crippen LogP contribution in [-0.4, -0.2) is 33.9 Å². The largest absolute Gasteiger partial charge is 0.470 e. The molecule has 162 valence electrons. The molecule has 6 heteroatoms. The minimum Gasteiger partial charge on any atom is -0.470 e. The summed E-state index contributed by atoms with van der Waals surface area (Å²) in [6.45, 7) is 3.33. The molecule has 5 rings (SSSR count). The Kier molecular flexibility index (Phi) is 5.58. The van der Waals surface area contributed by atoms with E-state index in [9.17, 15) is 4.79 Å². The van der Waals surface area contributed by atoms with E-state index in [4.69, 9.17) is 9.15 Å². The number of fused-ring (bicyclic) bond motifs is 1. The summed E-state index contributed by atoms with van der Waals surface area (Å²) in [6.07, 6.45) is 3.15. The predicted octanol–water partition coefficient (Wildman–Crippen LogP) is 5.38. The number of carbonyl (C=O) groups is 1. The van der Waals surface area contributed by atoms with Gasteiger partial charge in [0.2, 0.25) is 5.88 Å². The molecule has 1 amide bonds. The van der Waals surface area contributed by atoms with Crippen molar-refractivity contribution in [2.75, 3.05) is 13.1 Å². The normalized spacial score (nSPS) is 15.6. The Balaban J connectivity index is 1.19. The maximum atomic E-state index is 12.9. The molecule has 2 aromatic carbocycles. The van der Waals surface area contributed by atoms with Crippen LogP contribution in [0, 0.1) is 0 Å². The predicted molar refractivity (Wildman–Crippen MR) is 122 cm³/mol. The number of likely N-dealkylation sites (tertiary alicyclic amines) is 1. The maximum absolute atomic E-state index is 12.9. The number of nitrogens with zero attached hydrogens (tertiary/aromatic N) is 3. The molecule has 1 atom stereocenters. The Morgan fingerprint density at radius 1 is 1.03 bits per heavy atom. The molecule has 0 aliphatic carbocycles. The number of amides is 1. The molecule has 1 aliphatic rings. The van der Waals surface area contributed by atoms with Gasteiger partial charge < -0.3 is 14.1 Å². The highest BCUT2D eigenvalue weighted by atomic mass is 16.5. The number of pyridine rings is 1. The molecule has 0 saturated carbocycles. The minimum absolute atomic E-state index is 0.00354. The Bertz CT molecular complexity index is 1160. The van der Waals surface area contributed by atoms with Gasteiger partial charge in [0, 0.05) is 31.3 Å². The first-order chi connectivity index (χ1) is 15.7. The quantitative estimate of drug-likeness (QED) is 0.428. The summed E-state index contributed by atoms with van der Waals surface area (Å²) in [6, 6.07) is 21.3. The highest BCUT2D eigenvalue weighted by Crippen LogP contribution is 2.30. The number of rotatable bonds is 5. The van der Waals surface area contributed by atoms with E-state index >= 15 is 0 Å². The molecular weight excluding hydrogens is 402 g/mol. The van der Waals surface area contributed by atoms with Gasteiger partial charge >= 0.3 is 0 Å². The lowest BCUT2D eigenvalue weighted by Crippen LogP contribution is -2.38. The zero-order chi connectivity index (χ0) is 21.9. The number of benzene rings is 2. The van der Waals surface area contributed by atoms with E-state index in [1.165, 1.54) is 0 Å². The highest BCUT2D eigenvalue weighted by Gasteiger charge is 2.27. The average molecular weight is 428 g/mol. The van der Waals surface area contributed by atoms with Crippen LogP contribution in [0.25, 0.3) is 11.1 Å². The van der Waals surface area contributed by atoms with Crippen LogP contribution in [0.5, 0.6) is 5.88 Å². The first kappa shape index (κ1) is 20.2. The van der Waals surface area contributed by atoms with Gasteiger partial charge in [-0.15, -0.1) is 0 Å². The van der Waals surface area contributed by atoms with Crippen molar-refractivity contribution in [3.8, 4) is 5.88 Å². The van der Waals surface area contributed by atoms with Crippen LogP contribution >= 0.6 is 0 Å². The first-order valence-electron chi connectivity index (χ1n) is 11.0. The molecule has 1 fully saturated rings. The van der Waals surface area contributed by atoms with Crippen molar-refractivity contribution in [2.24, 2.45) is 0 Å². The Hall–Kier alpha value is -3.67. The molecule has 2 aromatic heterocycles. The summed E-state index contributed by atoms with van der Waals surface area (Å²) in [5.41, 5.74) is 3.35. The van der Waals surface area contributed by atoms with E-state index in [1.807, 2.05) is 66.4 Å². The van der Waals surface area contributed by atoms with E-state index in [-0.39, 0.29) is 17.9 Å². The number of para-hydroxylation sites is 2. The van der Waals surface area contributed by atoms with Gasteiger partial charge in [-0.25, -0.2) is 9.97 Å². The number of ether oxygens (including phenoxy) is 1. The van der Waals surface area contributed by atoms with Crippen molar-refractivity contribution in [1.82, 2.24) is 14.9 Å². The third-order valence-corrected chi connectivity index (χ3v) is 5.99. The first-order valence-corrected chi connectivity index (χ1v) is 11.0. The van der Waals surface area contributed by atoms with Crippen LogP contribution in [0.1, 0.15) is 53.6 Å². The second-order valence-corrected chi connectivity index (χ2v) is 8.14. The molecule has 1 aliphatic heterocycles. The number of hydrogen-bond acceptors (Lipinski definition) is 5. The van der Waals surface area contributed by atoms with Gasteiger partial charge in [0.25, 0.3) is 5.91 Å².